The molecule has 6 nitrogen and oxygen atoms in total. The second-order valence-corrected chi connectivity index (χ2v) is 5.34. The van der Waals surface area contributed by atoms with E-state index in [9.17, 15) is 9.59 Å². The molecule has 2 atom stereocenters. The molecule has 3 N–H and O–H groups in total. The number of anilines is 1. The Labute approximate surface area is 127 Å². The fraction of sp³-hybridized carbons (Fsp3) is 0.429. The van der Waals surface area contributed by atoms with Crippen LogP contribution in [-0.4, -0.2) is 30.3 Å². The first-order chi connectivity index (χ1) is 10.0. The number of amides is 2. The molecule has 0 aliphatic heterocycles. The van der Waals surface area contributed by atoms with E-state index in [1.54, 1.807) is 18.2 Å². The molecular weight excluding hydrogens is 296 g/mol. The molecule has 0 saturated heterocycles. The van der Waals surface area contributed by atoms with Crippen molar-refractivity contribution in [3.8, 4) is 5.75 Å². The van der Waals surface area contributed by atoms with Crippen LogP contribution < -0.4 is 15.4 Å². The van der Waals surface area contributed by atoms with Gasteiger partial charge in [0.2, 0.25) is 0 Å². The second kappa shape index (κ2) is 6.67. The number of aliphatic carboxylic acids is 1. The molecule has 1 aliphatic carbocycles. The molecule has 0 radical (unpaired) electrons. The van der Waals surface area contributed by atoms with E-state index in [2.05, 4.69) is 10.6 Å². The average Bonchev–Trinajstić information content (AvgIpc) is 2.89. The Hall–Kier alpha value is -1.95. The maximum absolute atomic E-state index is 11.9. The van der Waals surface area contributed by atoms with E-state index >= 15 is 0 Å². The molecule has 2 rings (SSSR count). The molecule has 0 aromatic heterocycles. The van der Waals surface area contributed by atoms with Crippen molar-refractivity contribution in [2.24, 2.45) is 5.92 Å². The number of rotatable bonds is 4. The zero-order valence-electron chi connectivity index (χ0n) is 11.6. The number of methoxy groups -OCH3 is 1. The molecule has 1 fully saturated rings. The summed E-state index contributed by atoms with van der Waals surface area (Å²) in [7, 11) is 1.49. The molecule has 0 bridgehead atoms. The molecule has 1 saturated carbocycles. The van der Waals surface area contributed by atoms with Crippen LogP contribution in [0.4, 0.5) is 10.5 Å². The molecule has 0 heterocycles. The van der Waals surface area contributed by atoms with Gasteiger partial charge in [-0.3, -0.25) is 4.79 Å². The average molecular weight is 313 g/mol. The highest BCUT2D eigenvalue weighted by Gasteiger charge is 2.33. The lowest BCUT2D eigenvalue weighted by Crippen LogP contribution is -2.42. The van der Waals surface area contributed by atoms with Crippen molar-refractivity contribution in [1.82, 2.24) is 5.32 Å². The van der Waals surface area contributed by atoms with Crippen LogP contribution >= 0.6 is 11.6 Å². The van der Waals surface area contributed by atoms with Crippen molar-refractivity contribution in [1.29, 1.82) is 0 Å². The Kier molecular flexibility index (Phi) is 4.90. The van der Waals surface area contributed by atoms with Crippen molar-refractivity contribution in [3.05, 3.63) is 23.2 Å². The molecule has 0 spiro atoms. The monoisotopic (exact) mass is 312 g/mol. The van der Waals surface area contributed by atoms with Crippen LogP contribution in [0.5, 0.6) is 5.75 Å². The molecule has 1 aromatic rings. The van der Waals surface area contributed by atoms with Gasteiger partial charge >= 0.3 is 12.0 Å². The SMILES string of the molecule is COc1cc(NC(=O)NC2CCCC2C(=O)O)ccc1Cl. The summed E-state index contributed by atoms with van der Waals surface area (Å²) in [5, 5.41) is 14.9. The Bertz CT molecular complexity index is 550. The van der Waals surface area contributed by atoms with Gasteiger partial charge in [-0.2, -0.15) is 0 Å². The van der Waals surface area contributed by atoms with Crippen molar-refractivity contribution in [2.75, 3.05) is 12.4 Å². The van der Waals surface area contributed by atoms with Gasteiger partial charge in [0.05, 0.1) is 18.1 Å². The lowest BCUT2D eigenvalue weighted by atomic mass is 10.0. The Morgan fingerprint density at radius 1 is 1.38 bits per heavy atom. The highest BCUT2D eigenvalue weighted by Crippen LogP contribution is 2.28. The minimum Gasteiger partial charge on any atom is -0.495 e. The van der Waals surface area contributed by atoms with Gasteiger partial charge in [-0.25, -0.2) is 4.79 Å². The number of carbonyl (C=O) groups is 2. The summed E-state index contributed by atoms with van der Waals surface area (Å²) < 4.78 is 5.07. The Morgan fingerprint density at radius 3 is 2.81 bits per heavy atom. The van der Waals surface area contributed by atoms with Crippen molar-refractivity contribution in [3.63, 3.8) is 0 Å². The smallest absolute Gasteiger partial charge is 0.319 e. The lowest BCUT2D eigenvalue weighted by Gasteiger charge is -2.18. The fourth-order valence-electron chi connectivity index (χ4n) is 2.50. The maximum atomic E-state index is 11.9. The summed E-state index contributed by atoms with van der Waals surface area (Å²) in [5.74, 6) is -0.930. The summed E-state index contributed by atoms with van der Waals surface area (Å²) in [4.78, 5) is 23.0. The van der Waals surface area contributed by atoms with E-state index in [0.717, 1.165) is 6.42 Å². The maximum Gasteiger partial charge on any atom is 0.319 e. The number of carbonyl (C=O) groups excluding carboxylic acids is 1. The summed E-state index contributed by atoms with van der Waals surface area (Å²) in [6.45, 7) is 0. The van der Waals surface area contributed by atoms with E-state index in [-0.39, 0.29) is 6.04 Å². The molecular formula is C14H17ClN2O4. The first kappa shape index (κ1) is 15.4. The second-order valence-electron chi connectivity index (χ2n) is 4.93. The zero-order valence-corrected chi connectivity index (χ0v) is 12.3. The predicted octanol–water partition coefficient (Wildman–Crippen LogP) is 2.72. The van der Waals surface area contributed by atoms with Gasteiger partial charge in [-0.05, 0) is 25.0 Å². The minimum absolute atomic E-state index is 0.336. The molecule has 1 aliphatic rings. The van der Waals surface area contributed by atoms with Crippen LogP contribution in [-0.2, 0) is 4.79 Å². The first-order valence-electron chi connectivity index (χ1n) is 6.65. The zero-order chi connectivity index (χ0) is 15.4. The van der Waals surface area contributed by atoms with Crippen LogP contribution in [0.3, 0.4) is 0 Å². The van der Waals surface area contributed by atoms with Gasteiger partial charge in [0.15, 0.2) is 0 Å². The number of hydrogen-bond donors (Lipinski definition) is 3. The van der Waals surface area contributed by atoms with Gasteiger partial charge in [-0.1, -0.05) is 18.0 Å². The number of hydrogen-bond acceptors (Lipinski definition) is 3. The van der Waals surface area contributed by atoms with Crippen molar-refractivity contribution in [2.45, 2.75) is 25.3 Å². The molecule has 1 aromatic carbocycles. The third kappa shape index (κ3) is 3.78. The molecule has 7 heteroatoms. The number of nitrogens with one attached hydrogen (secondary N) is 2. The summed E-state index contributed by atoms with van der Waals surface area (Å²) in [6, 6.07) is 4.10. The van der Waals surface area contributed by atoms with Crippen LogP contribution in [0.2, 0.25) is 5.02 Å². The Morgan fingerprint density at radius 2 is 2.14 bits per heavy atom. The van der Waals surface area contributed by atoms with Gasteiger partial charge in [0.25, 0.3) is 0 Å². The van der Waals surface area contributed by atoms with Crippen LogP contribution in [0.15, 0.2) is 18.2 Å². The Balaban J connectivity index is 1.97. The largest absolute Gasteiger partial charge is 0.495 e. The molecule has 2 amide bonds. The third-order valence-electron chi connectivity index (χ3n) is 3.56. The van der Waals surface area contributed by atoms with Gasteiger partial charge < -0.3 is 20.5 Å². The van der Waals surface area contributed by atoms with E-state index in [0.29, 0.717) is 29.3 Å². The molecule has 2 unspecified atom stereocenters. The number of carboxylic acid groups (broad SMARTS) is 1. The van der Waals surface area contributed by atoms with E-state index in [4.69, 9.17) is 21.4 Å². The number of halogens is 1. The molecule has 114 valence electrons. The lowest BCUT2D eigenvalue weighted by molar-refractivity contribution is -0.142. The molecule has 21 heavy (non-hydrogen) atoms. The van der Waals surface area contributed by atoms with Gasteiger partial charge in [0.1, 0.15) is 5.75 Å². The fourth-order valence-corrected chi connectivity index (χ4v) is 2.70. The third-order valence-corrected chi connectivity index (χ3v) is 3.87. The van der Waals surface area contributed by atoms with Crippen LogP contribution in [0, 0.1) is 5.92 Å². The number of benzene rings is 1. The number of urea groups is 1. The number of ether oxygens (including phenoxy) is 1. The summed E-state index contributed by atoms with van der Waals surface area (Å²) in [6.07, 6.45) is 2.07. The van der Waals surface area contributed by atoms with Crippen molar-refractivity contribution < 1.29 is 19.4 Å². The highest BCUT2D eigenvalue weighted by molar-refractivity contribution is 6.32. The minimum atomic E-state index is -0.869. The van der Waals surface area contributed by atoms with Gasteiger partial charge in [0, 0.05) is 17.8 Å². The predicted molar refractivity (Wildman–Crippen MR) is 78.9 cm³/mol. The normalized spacial score (nSPS) is 20.9. The standard InChI is InChI=1S/C14H17ClN2O4/c1-21-12-7-8(5-6-10(12)15)16-14(20)17-11-4-2-3-9(11)13(18)19/h5-7,9,11H,2-4H2,1H3,(H,18,19)(H2,16,17,20). The van der Waals surface area contributed by atoms with Crippen LogP contribution in [0.25, 0.3) is 0 Å². The first-order valence-corrected chi connectivity index (χ1v) is 7.03. The van der Waals surface area contributed by atoms with E-state index < -0.39 is 17.9 Å². The summed E-state index contributed by atoms with van der Waals surface area (Å²) in [5.41, 5.74) is 0.527. The topological polar surface area (TPSA) is 87.7 Å². The number of carboxylic acids is 1. The van der Waals surface area contributed by atoms with Gasteiger partial charge in [-0.15, -0.1) is 0 Å². The van der Waals surface area contributed by atoms with E-state index in [1.807, 2.05) is 0 Å². The highest BCUT2D eigenvalue weighted by atomic mass is 35.5. The van der Waals surface area contributed by atoms with E-state index in [1.165, 1.54) is 7.11 Å². The quantitative estimate of drug-likeness (QED) is 0.797. The summed E-state index contributed by atoms with van der Waals surface area (Å²) >= 11 is 5.91. The van der Waals surface area contributed by atoms with Crippen molar-refractivity contribution >= 4 is 29.3 Å². The van der Waals surface area contributed by atoms with Crippen LogP contribution in [0.1, 0.15) is 19.3 Å².